The van der Waals surface area contributed by atoms with Crippen LogP contribution in [-0.4, -0.2) is 12.6 Å². The van der Waals surface area contributed by atoms with Crippen LogP contribution in [0.1, 0.15) is 17.0 Å². The maximum Gasteiger partial charge on any atom is 0.337 e. The van der Waals surface area contributed by atoms with E-state index in [1.165, 1.54) is 0 Å². The van der Waals surface area contributed by atoms with Crippen LogP contribution in [0.3, 0.4) is 0 Å². The van der Waals surface area contributed by atoms with Gasteiger partial charge in [-0.25, -0.2) is 4.79 Å². The first kappa shape index (κ1) is 15.7. The summed E-state index contributed by atoms with van der Waals surface area (Å²) in [5.74, 6) is -0.590. The first-order chi connectivity index (χ1) is 12.6. The summed E-state index contributed by atoms with van der Waals surface area (Å²) in [6.07, 6.45) is 0. The van der Waals surface area contributed by atoms with E-state index in [0.29, 0.717) is 15.6 Å². The molecule has 5 heteroatoms. The van der Waals surface area contributed by atoms with Gasteiger partial charge in [-0.3, -0.25) is 0 Å². The van der Waals surface area contributed by atoms with Crippen LogP contribution in [-0.2, 0) is 9.53 Å². The van der Waals surface area contributed by atoms with Crippen LogP contribution in [0, 0.1) is 0 Å². The Bertz CT molecular complexity index is 1120. The van der Waals surface area contributed by atoms with Crippen molar-refractivity contribution < 1.29 is 9.53 Å². The van der Waals surface area contributed by atoms with Crippen LogP contribution in [0.25, 0.3) is 10.8 Å². The lowest BCUT2D eigenvalue weighted by Gasteiger charge is -2.29. The van der Waals surface area contributed by atoms with Crippen LogP contribution < -0.4 is 5.32 Å². The highest BCUT2D eigenvalue weighted by atomic mass is 35.5. The van der Waals surface area contributed by atoms with Crippen molar-refractivity contribution in [3.8, 4) is 0 Å². The first-order valence-electron chi connectivity index (χ1n) is 8.27. The van der Waals surface area contributed by atoms with E-state index in [1.54, 1.807) is 12.1 Å². The fourth-order valence-corrected chi connectivity index (χ4v) is 4.36. The topological polar surface area (TPSA) is 38.3 Å². The van der Waals surface area contributed by atoms with Gasteiger partial charge in [0, 0.05) is 21.3 Å². The summed E-state index contributed by atoms with van der Waals surface area (Å²) in [5, 5.41) is 6.77. The first-order valence-corrected chi connectivity index (χ1v) is 9.03. The van der Waals surface area contributed by atoms with Gasteiger partial charge in [0.2, 0.25) is 0 Å². The Morgan fingerprint density at radius 1 is 1.00 bits per heavy atom. The molecule has 1 atom stereocenters. The minimum atomic E-state index is -0.303. The van der Waals surface area contributed by atoms with Crippen LogP contribution in [0.2, 0.25) is 10.0 Å². The van der Waals surface area contributed by atoms with Crippen molar-refractivity contribution in [2.45, 2.75) is 5.92 Å². The molecule has 3 aromatic rings. The van der Waals surface area contributed by atoms with Gasteiger partial charge in [-0.2, -0.15) is 0 Å². The molecule has 2 heterocycles. The van der Waals surface area contributed by atoms with Crippen LogP contribution in [0.5, 0.6) is 0 Å². The quantitative estimate of drug-likeness (QED) is 0.564. The Kier molecular flexibility index (Phi) is 3.49. The molecule has 2 aliphatic heterocycles. The van der Waals surface area contributed by atoms with E-state index in [-0.39, 0.29) is 18.5 Å². The van der Waals surface area contributed by atoms with Gasteiger partial charge in [0.25, 0.3) is 0 Å². The number of ether oxygens (including phenoxy) is 1. The van der Waals surface area contributed by atoms with E-state index < -0.39 is 0 Å². The van der Waals surface area contributed by atoms with Gasteiger partial charge in [-0.15, -0.1) is 0 Å². The monoisotopic (exact) mass is 381 g/mol. The van der Waals surface area contributed by atoms with E-state index in [4.69, 9.17) is 27.9 Å². The number of hydrogen-bond donors (Lipinski definition) is 1. The summed E-state index contributed by atoms with van der Waals surface area (Å²) < 4.78 is 5.31. The summed E-state index contributed by atoms with van der Waals surface area (Å²) in [7, 11) is 0. The van der Waals surface area contributed by atoms with Crippen LogP contribution >= 0.6 is 23.2 Å². The van der Waals surface area contributed by atoms with E-state index in [2.05, 4.69) is 29.6 Å². The van der Waals surface area contributed by atoms with Crippen molar-refractivity contribution >= 4 is 45.6 Å². The van der Waals surface area contributed by atoms with Gasteiger partial charge in [0.05, 0.1) is 17.0 Å². The number of cyclic esters (lactones) is 1. The highest BCUT2D eigenvalue weighted by Gasteiger charge is 2.39. The third-order valence-corrected chi connectivity index (χ3v) is 5.57. The minimum Gasteiger partial charge on any atom is -0.456 e. The predicted molar refractivity (Wildman–Crippen MR) is 104 cm³/mol. The highest BCUT2D eigenvalue weighted by molar-refractivity contribution is 6.35. The molecule has 0 spiro atoms. The van der Waals surface area contributed by atoms with E-state index >= 15 is 0 Å². The zero-order valence-corrected chi connectivity index (χ0v) is 15.1. The van der Waals surface area contributed by atoms with Gasteiger partial charge < -0.3 is 10.1 Å². The molecule has 0 saturated carbocycles. The summed E-state index contributed by atoms with van der Waals surface area (Å²) in [5.41, 5.74) is 4.27. The molecule has 0 fully saturated rings. The lowest BCUT2D eigenvalue weighted by molar-refractivity contribution is -0.136. The maximum atomic E-state index is 12.5. The molecule has 0 aromatic heterocycles. The number of halogens is 2. The summed E-state index contributed by atoms with van der Waals surface area (Å²) in [6, 6.07) is 17.7. The molecule has 0 aliphatic carbocycles. The standard InChI is InChI=1S/C21H13Cl2NO2/c22-12-6-8-14(16(23)9-12)18-15-7-5-11-3-1-2-4-13(11)20(15)24-17-10-26-21(25)19(17)18/h1-9,18,24H,10H2. The maximum absolute atomic E-state index is 12.5. The van der Waals surface area contributed by atoms with Crippen molar-refractivity contribution in [1.29, 1.82) is 0 Å². The fourth-order valence-electron chi connectivity index (χ4n) is 3.85. The Morgan fingerprint density at radius 3 is 2.65 bits per heavy atom. The fraction of sp³-hybridized carbons (Fsp3) is 0.0952. The van der Waals surface area contributed by atoms with Crippen molar-refractivity contribution in [2.24, 2.45) is 0 Å². The molecule has 0 amide bonds. The van der Waals surface area contributed by atoms with Gasteiger partial charge in [-0.1, -0.05) is 65.7 Å². The average molecular weight is 382 g/mol. The number of rotatable bonds is 1. The zero-order chi connectivity index (χ0) is 17.8. The summed E-state index contributed by atoms with van der Waals surface area (Å²) in [6.45, 7) is 0.249. The van der Waals surface area contributed by atoms with Gasteiger partial charge in [0.1, 0.15) is 6.61 Å². The van der Waals surface area contributed by atoms with E-state index in [9.17, 15) is 4.79 Å². The van der Waals surface area contributed by atoms with Crippen molar-refractivity contribution in [1.82, 2.24) is 0 Å². The molecule has 0 saturated heterocycles. The summed E-state index contributed by atoms with van der Waals surface area (Å²) >= 11 is 12.6. The number of fused-ring (bicyclic) bond motifs is 3. The molecule has 3 nitrogen and oxygen atoms in total. The largest absolute Gasteiger partial charge is 0.456 e. The minimum absolute atomic E-state index is 0.249. The summed E-state index contributed by atoms with van der Waals surface area (Å²) in [4.78, 5) is 12.5. The molecule has 128 valence electrons. The molecule has 5 rings (SSSR count). The lowest BCUT2D eigenvalue weighted by Crippen LogP contribution is -2.20. The van der Waals surface area contributed by atoms with Gasteiger partial charge in [0.15, 0.2) is 0 Å². The lowest BCUT2D eigenvalue weighted by atomic mass is 9.80. The van der Waals surface area contributed by atoms with E-state index in [0.717, 1.165) is 33.3 Å². The highest BCUT2D eigenvalue weighted by Crippen LogP contribution is 2.48. The van der Waals surface area contributed by atoms with Crippen molar-refractivity contribution in [3.05, 3.63) is 87.0 Å². The molecule has 3 aromatic carbocycles. The molecule has 0 radical (unpaired) electrons. The van der Waals surface area contributed by atoms with Gasteiger partial charge >= 0.3 is 5.97 Å². The molecule has 2 aliphatic rings. The molecular weight excluding hydrogens is 369 g/mol. The second-order valence-corrected chi connectivity index (χ2v) is 7.29. The number of esters is 1. The normalized spacial score (nSPS) is 18.4. The molecular formula is C21H13Cl2NO2. The number of anilines is 1. The third-order valence-electron chi connectivity index (χ3n) is 5.00. The van der Waals surface area contributed by atoms with Crippen molar-refractivity contribution in [2.75, 3.05) is 11.9 Å². The molecule has 1 N–H and O–H groups in total. The van der Waals surface area contributed by atoms with Gasteiger partial charge in [-0.05, 0) is 28.6 Å². The van der Waals surface area contributed by atoms with Crippen LogP contribution in [0.4, 0.5) is 5.69 Å². The molecule has 26 heavy (non-hydrogen) atoms. The Labute approximate surface area is 160 Å². The second kappa shape index (κ2) is 5.76. The SMILES string of the molecule is O=C1OCC2=C1C(c1ccc(Cl)cc1Cl)c1ccc3ccccc3c1N2. The van der Waals surface area contributed by atoms with Crippen molar-refractivity contribution in [3.63, 3.8) is 0 Å². The van der Waals surface area contributed by atoms with E-state index in [1.807, 2.05) is 18.2 Å². The number of benzene rings is 3. The number of nitrogens with one attached hydrogen (secondary N) is 1. The zero-order valence-electron chi connectivity index (χ0n) is 13.6. The molecule has 0 bridgehead atoms. The Balaban J connectivity index is 1.82. The number of hydrogen-bond acceptors (Lipinski definition) is 3. The second-order valence-electron chi connectivity index (χ2n) is 6.44. The smallest absolute Gasteiger partial charge is 0.337 e. The van der Waals surface area contributed by atoms with Crippen LogP contribution in [0.15, 0.2) is 65.9 Å². The number of carbonyl (C=O) groups excluding carboxylic acids is 1. The number of carbonyl (C=O) groups is 1. The third kappa shape index (κ3) is 2.24. The predicted octanol–water partition coefficient (Wildman–Crippen LogP) is 5.51. The molecule has 1 unspecified atom stereocenters. The Morgan fingerprint density at radius 2 is 1.81 bits per heavy atom. The Hall–Kier alpha value is -2.49. The average Bonchev–Trinajstić information content (AvgIpc) is 3.01.